The first kappa shape index (κ1) is 26.1. The molecule has 1 rings (SSSR count). The Morgan fingerprint density at radius 3 is 1.23 bits per heavy atom. The van der Waals surface area contributed by atoms with Gasteiger partial charge < -0.3 is 0 Å². The summed E-state index contributed by atoms with van der Waals surface area (Å²) in [6.07, 6.45) is 0. The standard InChI is InChI=1S/C21H47P5/c1-17(2,3)23-16-26(20(10,11)12,21(13,14)15)22-25(23)24(18(4,5)6)19(7,8)9/h16H2,1-15H3. The molecule has 0 amide bonds. The second kappa shape index (κ2) is 7.61. The monoisotopic (exact) mass is 454 g/mol. The highest BCUT2D eigenvalue weighted by Gasteiger charge is 2.55. The summed E-state index contributed by atoms with van der Waals surface area (Å²) < 4.78 is 0. The van der Waals surface area contributed by atoms with Crippen molar-refractivity contribution in [3.05, 3.63) is 0 Å². The summed E-state index contributed by atoms with van der Waals surface area (Å²) in [7, 11) is 2.05. The molecule has 0 radical (unpaired) electrons. The van der Waals surface area contributed by atoms with Crippen LogP contribution in [0.4, 0.5) is 0 Å². The third-order valence-corrected chi connectivity index (χ3v) is 48.4. The van der Waals surface area contributed by atoms with E-state index in [2.05, 4.69) is 104 Å². The van der Waals surface area contributed by atoms with Gasteiger partial charge >= 0.3 is 0 Å². The molecule has 0 N–H and O–H groups in total. The van der Waals surface area contributed by atoms with E-state index in [1.165, 1.54) is 0 Å². The molecule has 2 atom stereocenters. The van der Waals surface area contributed by atoms with Gasteiger partial charge in [-0.1, -0.05) is 133 Å². The summed E-state index contributed by atoms with van der Waals surface area (Å²) in [4.78, 5) is 0. The molecule has 0 saturated carbocycles. The average Bonchev–Trinajstić information content (AvgIpc) is 2.63. The molecule has 1 aliphatic heterocycles. The molecule has 1 heterocycles. The van der Waals surface area contributed by atoms with Crippen molar-refractivity contribution in [2.24, 2.45) is 0 Å². The van der Waals surface area contributed by atoms with Gasteiger partial charge in [-0.2, -0.15) is 0 Å². The Morgan fingerprint density at radius 1 is 0.654 bits per heavy atom. The lowest BCUT2D eigenvalue weighted by Gasteiger charge is -2.48. The van der Waals surface area contributed by atoms with Crippen LogP contribution in [0.5, 0.6) is 0 Å². The van der Waals surface area contributed by atoms with Crippen molar-refractivity contribution in [2.45, 2.75) is 130 Å². The van der Waals surface area contributed by atoms with Gasteiger partial charge in [-0.15, -0.1) is 0 Å². The van der Waals surface area contributed by atoms with Crippen LogP contribution in [0, 0.1) is 0 Å². The number of rotatable bonds is 1. The van der Waals surface area contributed by atoms with E-state index in [9.17, 15) is 0 Å². The van der Waals surface area contributed by atoms with Crippen LogP contribution in [-0.4, -0.2) is 31.7 Å². The zero-order chi connectivity index (χ0) is 21.1. The Balaban J connectivity index is 3.81. The fraction of sp³-hybridized carbons (Fsp3) is 1.00. The molecule has 0 aliphatic carbocycles. The molecular weight excluding hydrogens is 407 g/mol. The van der Waals surface area contributed by atoms with E-state index in [-0.39, 0.29) is 22.2 Å². The maximum Gasteiger partial charge on any atom is -0.00152 e. The molecule has 0 aromatic heterocycles. The molecule has 2 unspecified atom stereocenters. The first-order valence-corrected chi connectivity index (χ1v) is 20.0. The summed E-state index contributed by atoms with van der Waals surface area (Å²) in [6.45, 7) is 37.4. The van der Waals surface area contributed by atoms with Gasteiger partial charge in [0.2, 0.25) is 0 Å². The minimum Gasteiger partial charge on any atom is -0.0694 e. The Morgan fingerprint density at radius 2 is 1.00 bits per heavy atom. The van der Waals surface area contributed by atoms with Gasteiger partial charge in [-0.05, 0) is 38.7 Å². The highest BCUT2D eigenvalue weighted by atomic mass is 32.8. The van der Waals surface area contributed by atoms with Crippen LogP contribution in [0.3, 0.4) is 0 Å². The van der Waals surface area contributed by atoms with Gasteiger partial charge in [-0.25, -0.2) is 0 Å². The van der Waals surface area contributed by atoms with Crippen LogP contribution >= 0.6 is 36.3 Å². The lowest BCUT2D eigenvalue weighted by molar-refractivity contribution is 0.706. The minimum atomic E-state index is -1.07. The predicted octanol–water partition coefficient (Wildman–Crippen LogP) is 11.0. The van der Waals surface area contributed by atoms with Crippen LogP contribution in [0.25, 0.3) is 0 Å². The highest BCUT2D eigenvalue weighted by molar-refractivity contribution is 8.87. The van der Waals surface area contributed by atoms with Gasteiger partial charge in [0.1, 0.15) is 0 Å². The molecule has 5 heteroatoms. The minimum absolute atomic E-state index is 0.00882. The molecule has 0 spiro atoms. The van der Waals surface area contributed by atoms with Crippen LogP contribution in [-0.2, 0) is 0 Å². The predicted molar refractivity (Wildman–Crippen MR) is 138 cm³/mol. The molecule has 0 saturated heterocycles. The summed E-state index contributed by atoms with van der Waals surface area (Å²) in [5.41, 5.74) is 0. The summed E-state index contributed by atoms with van der Waals surface area (Å²) in [5.74, 6) is 1.58. The smallest absolute Gasteiger partial charge is 0.00152 e. The van der Waals surface area contributed by atoms with Crippen molar-refractivity contribution in [2.75, 3.05) is 5.90 Å². The van der Waals surface area contributed by atoms with Crippen molar-refractivity contribution in [3.63, 3.8) is 0 Å². The summed E-state index contributed by atoms with van der Waals surface area (Å²) >= 11 is 0. The van der Waals surface area contributed by atoms with Crippen molar-refractivity contribution >= 4 is 36.3 Å². The molecule has 0 nitrogen and oxygen atoms in total. The zero-order valence-corrected chi connectivity index (χ0v) is 24.9. The van der Waals surface area contributed by atoms with Crippen LogP contribution in [0.15, 0.2) is 0 Å². The Hall–Kier alpha value is 2.02. The summed E-state index contributed by atoms with van der Waals surface area (Å²) in [6, 6.07) is 0. The van der Waals surface area contributed by atoms with E-state index in [1.54, 1.807) is 5.90 Å². The van der Waals surface area contributed by atoms with E-state index in [0.717, 1.165) is 0 Å². The molecule has 0 aromatic carbocycles. The zero-order valence-electron chi connectivity index (χ0n) is 20.4. The molecule has 0 bridgehead atoms. The Labute approximate surface area is 171 Å². The molecule has 0 aromatic rings. The fourth-order valence-corrected chi connectivity index (χ4v) is 74.2. The van der Waals surface area contributed by atoms with E-state index in [0.29, 0.717) is 25.8 Å². The number of hydrogen-bond donors (Lipinski definition) is 0. The van der Waals surface area contributed by atoms with Gasteiger partial charge in [0, 0.05) is 0 Å². The first-order valence-electron chi connectivity index (χ1n) is 10.1. The SMILES string of the molecule is CC(C)(C)P1CP(C(C)(C)C)(C(C)(C)C)=PP1P(C(C)(C)C)C(C)(C)C. The van der Waals surface area contributed by atoms with E-state index in [4.69, 9.17) is 0 Å². The first-order chi connectivity index (χ1) is 11.1. The largest absolute Gasteiger partial charge is 0.0694 e. The third-order valence-electron chi connectivity index (χ3n) is 5.23. The van der Waals surface area contributed by atoms with Crippen LogP contribution in [0.2, 0.25) is 0 Å². The fourth-order valence-electron chi connectivity index (χ4n) is 4.33. The van der Waals surface area contributed by atoms with Gasteiger partial charge in [0.25, 0.3) is 0 Å². The molecule has 0 fully saturated rings. The second-order valence-corrected chi connectivity index (χ2v) is 37.6. The Kier molecular flexibility index (Phi) is 7.63. The maximum atomic E-state index is 2.57. The molecule has 1 aliphatic rings. The van der Waals surface area contributed by atoms with Crippen molar-refractivity contribution in [3.8, 4) is 0 Å². The normalized spacial score (nSPS) is 26.2. The highest BCUT2D eigenvalue weighted by Crippen LogP contribution is 3.10. The van der Waals surface area contributed by atoms with Crippen molar-refractivity contribution in [1.29, 1.82) is 0 Å². The van der Waals surface area contributed by atoms with Gasteiger partial charge in [0.15, 0.2) is 0 Å². The molecular formula is C21H47P5. The van der Waals surface area contributed by atoms with E-state index >= 15 is 0 Å². The second-order valence-electron chi connectivity index (χ2n) is 12.8. The summed E-state index contributed by atoms with van der Waals surface area (Å²) in [5, 5.41) is 2.32. The topological polar surface area (TPSA) is 0 Å². The molecule has 156 valence electrons. The third kappa shape index (κ3) is 5.19. The maximum absolute atomic E-state index is 2.57. The molecule has 26 heavy (non-hydrogen) atoms. The van der Waals surface area contributed by atoms with Crippen LogP contribution in [0.1, 0.15) is 104 Å². The van der Waals surface area contributed by atoms with E-state index in [1.807, 2.05) is 7.56 Å². The van der Waals surface area contributed by atoms with Gasteiger partial charge in [0.05, 0.1) is 0 Å². The van der Waals surface area contributed by atoms with Crippen molar-refractivity contribution in [1.82, 2.24) is 0 Å². The van der Waals surface area contributed by atoms with E-state index < -0.39 is 6.55 Å². The van der Waals surface area contributed by atoms with Gasteiger partial charge in [-0.3, -0.25) is 0 Å². The van der Waals surface area contributed by atoms with Crippen LogP contribution < -0.4 is 0 Å². The Bertz CT molecular complexity index is 524. The number of hydrogen-bond acceptors (Lipinski definition) is 0. The van der Waals surface area contributed by atoms with Crippen molar-refractivity contribution < 1.29 is 0 Å². The lowest BCUT2D eigenvalue weighted by Crippen LogP contribution is -2.29. The lowest BCUT2D eigenvalue weighted by atomic mass is 10.2. The quantitative estimate of drug-likeness (QED) is 0.346. The average molecular weight is 454 g/mol.